The Balaban J connectivity index is 2.87. The third-order valence-corrected chi connectivity index (χ3v) is 3.61. The molecule has 0 saturated carbocycles. The SMILES string of the molecule is CCC(C)(CCCl)NC(=O)c1cc(F)cc(Br)c1. The van der Waals surface area contributed by atoms with Gasteiger partial charge in [0.15, 0.2) is 0 Å². The van der Waals surface area contributed by atoms with Crippen LogP contribution in [0, 0.1) is 5.82 Å². The van der Waals surface area contributed by atoms with Gasteiger partial charge in [-0.3, -0.25) is 4.79 Å². The number of alkyl halides is 1. The summed E-state index contributed by atoms with van der Waals surface area (Å²) in [6.45, 7) is 3.91. The molecular formula is C13H16BrClFNO. The van der Waals surface area contributed by atoms with E-state index >= 15 is 0 Å². The number of carbonyl (C=O) groups is 1. The van der Waals surface area contributed by atoms with Gasteiger partial charge in [-0.2, -0.15) is 0 Å². The van der Waals surface area contributed by atoms with E-state index in [2.05, 4.69) is 21.2 Å². The molecule has 5 heteroatoms. The number of carbonyl (C=O) groups excluding carboxylic acids is 1. The van der Waals surface area contributed by atoms with Gasteiger partial charge in [0.2, 0.25) is 0 Å². The highest BCUT2D eigenvalue weighted by Crippen LogP contribution is 2.19. The summed E-state index contributed by atoms with van der Waals surface area (Å²) in [5.41, 5.74) is -0.0615. The fourth-order valence-electron chi connectivity index (χ4n) is 1.57. The first-order valence-electron chi connectivity index (χ1n) is 5.75. The minimum Gasteiger partial charge on any atom is -0.347 e. The van der Waals surface area contributed by atoms with Crippen molar-refractivity contribution in [2.75, 3.05) is 5.88 Å². The van der Waals surface area contributed by atoms with Crippen molar-refractivity contribution in [3.05, 3.63) is 34.1 Å². The smallest absolute Gasteiger partial charge is 0.251 e. The van der Waals surface area contributed by atoms with Crippen LogP contribution in [0.25, 0.3) is 0 Å². The van der Waals surface area contributed by atoms with Crippen LogP contribution in [-0.4, -0.2) is 17.3 Å². The van der Waals surface area contributed by atoms with Gasteiger partial charge in [0.1, 0.15) is 5.82 Å². The second-order valence-electron chi connectivity index (χ2n) is 4.47. The lowest BCUT2D eigenvalue weighted by Gasteiger charge is -2.29. The zero-order valence-corrected chi connectivity index (χ0v) is 12.7. The molecule has 0 bridgehead atoms. The molecule has 100 valence electrons. The molecule has 0 heterocycles. The first kappa shape index (κ1) is 15.4. The van der Waals surface area contributed by atoms with Crippen LogP contribution in [0.2, 0.25) is 0 Å². The Morgan fingerprint density at radius 2 is 2.17 bits per heavy atom. The molecule has 1 aromatic carbocycles. The molecule has 0 aliphatic rings. The number of halogens is 3. The average Bonchev–Trinajstić information content (AvgIpc) is 2.28. The van der Waals surface area contributed by atoms with Crippen LogP contribution in [0.5, 0.6) is 0 Å². The molecule has 1 rings (SSSR count). The molecule has 0 saturated heterocycles. The number of benzene rings is 1. The van der Waals surface area contributed by atoms with E-state index < -0.39 is 5.82 Å². The molecule has 1 aromatic rings. The zero-order valence-electron chi connectivity index (χ0n) is 10.4. The van der Waals surface area contributed by atoms with Crippen molar-refractivity contribution in [1.29, 1.82) is 0 Å². The van der Waals surface area contributed by atoms with Crippen molar-refractivity contribution in [3.63, 3.8) is 0 Å². The third kappa shape index (κ3) is 4.25. The maximum absolute atomic E-state index is 13.2. The lowest BCUT2D eigenvalue weighted by Crippen LogP contribution is -2.45. The summed E-state index contributed by atoms with van der Waals surface area (Å²) in [6.07, 6.45) is 1.44. The summed E-state index contributed by atoms with van der Waals surface area (Å²) in [4.78, 5) is 12.1. The van der Waals surface area contributed by atoms with Gasteiger partial charge in [0.05, 0.1) is 0 Å². The standard InChI is InChI=1S/C13H16BrClFNO/c1-3-13(2,4-5-15)17-12(18)9-6-10(14)8-11(16)7-9/h6-8H,3-5H2,1-2H3,(H,17,18). The van der Waals surface area contributed by atoms with Crippen LogP contribution in [0.3, 0.4) is 0 Å². The van der Waals surface area contributed by atoms with Gasteiger partial charge in [-0.05, 0) is 38.0 Å². The minimum absolute atomic E-state index is 0.287. The van der Waals surface area contributed by atoms with Crippen molar-refractivity contribution >= 4 is 33.4 Å². The fraction of sp³-hybridized carbons (Fsp3) is 0.462. The summed E-state index contributed by atoms with van der Waals surface area (Å²) in [6, 6.07) is 4.13. The van der Waals surface area contributed by atoms with Gasteiger partial charge in [0, 0.05) is 21.5 Å². The van der Waals surface area contributed by atoms with Crippen LogP contribution in [0.15, 0.2) is 22.7 Å². The molecule has 1 atom stereocenters. The van der Waals surface area contributed by atoms with Crippen LogP contribution >= 0.6 is 27.5 Å². The molecule has 0 aliphatic heterocycles. The van der Waals surface area contributed by atoms with E-state index in [4.69, 9.17) is 11.6 Å². The Morgan fingerprint density at radius 1 is 1.50 bits per heavy atom. The van der Waals surface area contributed by atoms with Crippen molar-refractivity contribution in [1.82, 2.24) is 5.32 Å². The number of amides is 1. The summed E-state index contributed by atoms with van der Waals surface area (Å²) in [5, 5.41) is 2.90. The topological polar surface area (TPSA) is 29.1 Å². The summed E-state index contributed by atoms with van der Waals surface area (Å²) < 4.78 is 13.8. The summed E-state index contributed by atoms with van der Waals surface area (Å²) in [7, 11) is 0. The second kappa shape index (κ2) is 6.53. The predicted octanol–water partition coefficient (Wildman–Crippen LogP) is 4.12. The Morgan fingerprint density at radius 3 is 2.67 bits per heavy atom. The normalized spacial score (nSPS) is 14.1. The maximum Gasteiger partial charge on any atom is 0.251 e. The molecule has 0 spiro atoms. The van der Waals surface area contributed by atoms with Crippen molar-refractivity contribution in [2.45, 2.75) is 32.2 Å². The molecule has 0 aromatic heterocycles. The Labute approximate surface area is 120 Å². The molecule has 1 unspecified atom stereocenters. The van der Waals surface area contributed by atoms with E-state index in [1.807, 2.05) is 13.8 Å². The highest BCUT2D eigenvalue weighted by Gasteiger charge is 2.24. The maximum atomic E-state index is 13.2. The van der Waals surface area contributed by atoms with Crippen LogP contribution in [0.1, 0.15) is 37.0 Å². The Kier molecular flexibility index (Phi) is 5.60. The molecular weight excluding hydrogens is 321 g/mol. The van der Waals surface area contributed by atoms with Gasteiger partial charge in [-0.1, -0.05) is 22.9 Å². The van der Waals surface area contributed by atoms with E-state index in [0.29, 0.717) is 22.3 Å². The number of nitrogens with one attached hydrogen (secondary N) is 1. The second-order valence-corrected chi connectivity index (χ2v) is 5.76. The van der Waals surface area contributed by atoms with Gasteiger partial charge in [0.25, 0.3) is 5.91 Å². The first-order valence-corrected chi connectivity index (χ1v) is 7.07. The van der Waals surface area contributed by atoms with Crippen LogP contribution in [-0.2, 0) is 0 Å². The Bertz CT molecular complexity index is 421. The molecule has 1 N–H and O–H groups in total. The van der Waals surface area contributed by atoms with E-state index in [1.54, 1.807) is 6.07 Å². The van der Waals surface area contributed by atoms with Crippen molar-refractivity contribution < 1.29 is 9.18 Å². The van der Waals surface area contributed by atoms with Crippen LogP contribution in [0.4, 0.5) is 4.39 Å². The molecule has 18 heavy (non-hydrogen) atoms. The molecule has 1 amide bonds. The molecule has 0 fully saturated rings. The van der Waals surface area contributed by atoms with E-state index in [1.165, 1.54) is 12.1 Å². The Hall–Kier alpha value is -0.610. The summed E-state index contributed by atoms with van der Waals surface area (Å²) in [5.74, 6) is -0.257. The largest absolute Gasteiger partial charge is 0.347 e. The van der Waals surface area contributed by atoms with E-state index in [9.17, 15) is 9.18 Å². The fourth-order valence-corrected chi connectivity index (χ4v) is 2.45. The molecule has 0 radical (unpaired) electrons. The van der Waals surface area contributed by atoms with Gasteiger partial charge in [-0.15, -0.1) is 11.6 Å². The van der Waals surface area contributed by atoms with Crippen LogP contribution < -0.4 is 5.32 Å². The minimum atomic E-state index is -0.440. The highest BCUT2D eigenvalue weighted by molar-refractivity contribution is 9.10. The van der Waals surface area contributed by atoms with Crippen molar-refractivity contribution in [2.24, 2.45) is 0 Å². The third-order valence-electron chi connectivity index (χ3n) is 2.97. The average molecular weight is 337 g/mol. The number of hydrogen-bond acceptors (Lipinski definition) is 1. The highest BCUT2D eigenvalue weighted by atomic mass is 79.9. The summed E-state index contributed by atoms with van der Waals surface area (Å²) >= 11 is 8.89. The lowest BCUT2D eigenvalue weighted by molar-refractivity contribution is 0.0901. The lowest BCUT2D eigenvalue weighted by atomic mass is 9.95. The molecule has 2 nitrogen and oxygen atoms in total. The quantitative estimate of drug-likeness (QED) is 0.805. The number of rotatable bonds is 5. The van der Waals surface area contributed by atoms with Gasteiger partial charge < -0.3 is 5.32 Å². The van der Waals surface area contributed by atoms with Gasteiger partial charge in [-0.25, -0.2) is 4.39 Å². The molecule has 0 aliphatic carbocycles. The van der Waals surface area contributed by atoms with Crippen molar-refractivity contribution in [3.8, 4) is 0 Å². The predicted molar refractivity (Wildman–Crippen MR) is 75.6 cm³/mol. The number of hydrogen-bond donors (Lipinski definition) is 1. The van der Waals surface area contributed by atoms with E-state index in [-0.39, 0.29) is 11.4 Å². The van der Waals surface area contributed by atoms with E-state index in [0.717, 1.165) is 6.42 Å². The monoisotopic (exact) mass is 335 g/mol. The zero-order chi connectivity index (χ0) is 13.8. The van der Waals surface area contributed by atoms with Gasteiger partial charge >= 0.3 is 0 Å². The first-order chi connectivity index (χ1) is 8.40.